The first-order valence-corrected chi connectivity index (χ1v) is 14.8. The highest BCUT2D eigenvalue weighted by Gasteiger charge is 2.55. The van der Waals surface area contributed by atoms with Crippen LogP contribution in [0.25, 0.3) is 6.08 Å². The first-order valence-electron chi connectivity index (χ1n) is 12.8. The summed E-state index contributed by atoms with van der Waals surface area (Å²) in [6, 6.07) is 10.8. The molecule has 0 N–H and O–H groups in total. The number of carbonyl (C=O) groups is 2. The van der Waals surface area contributed by atoms with E-state index in [1.54, 1.807) is 50.6 Å². The topological polar surface area (TPSA) is 65.1 Å². The minimum absolute atomic E-state index is 0.135. The van der Waals surface area contributed by atoms with Crippen molar-refractivity contribution in [2.24, 2.45) is 23.2 Å². The van der Waals surface area contributed by atoms with Crippen LogP contribution in [0.4, 0.5) is 5.69 Å². The van der Waals surface area contributed by atoms with Gasteiger partial charge in [-0.3, -0.25) is 14.5 Å². The second-order valence-corrected chi connectivity index (χ2v) is 13.4. The highest BCUT2D eigenvalue weighted by atomic mass is 79.9. The molecule has 1 aliphatic heterocycles. The fourth-order valence-corrected chi connectivity index (χ4v) is 8.90. The quantitative estimate of drug-likeness (QED) is 0.150. The zero-order chi connectivity index (χ0) is 26.6. The predicted molar refractivity (Wildman–Crippen MR) is 156 cm³/mol. The van der Waals surface area contributed by atoms with Gasteiger partial charge in [0.1, 0.15) is 5.75 Å². The number of nitrogens with zero attached hydrogens (tertiary/aromatic N) is 1. The summed E-state index contributed by atoms with van der Waals surface area (Å²) < 4.78 is 18.0. The molecule has 5 fully saturated rings. The maximum absolute atomic E-state index is 13.6. The number of methoxy groups -OCH3 is 2. The van der Waals surface area contributed by atoms with Crippen LogP contribution in [0.5, 0.6) is 17.2 Å². The van der Waals surface area contributed by atoms with E-state index in [0.29, 0.717) is 54.4 Å². The Bertz CT molecular complexity index is 1320. The number of halogens is 1. The van der Waals surface area contributed by atoms with Crippen molar-refractivity contribution in [2.45, 2.75) is 38.5 Å². The molecule has 0 radical (unpaired) electrons. The van der Waals surface area contributed by atoms with Crippen LogP contribution in [-0.2, 0) is 9.59 Å². The van der Waals surface area contributed by atoms with E-state index in [2.05, 4.69) is 15.9 Å². The number of hydrogen-bond donors (Lipinski definition) is 0. The first kappa shape index (κ1) is 25.9. The Kier molecular flexibility index (Phi) is 6.81. The standard InChI is InChI=1S/C29H28BrNO5S2/c1-34-21-5-3-20(4-6-21)31-26(32)24(38-28(31)37)12-16-10-22(30)25(23(11-16)35-2)36-27(33)29-13-17-7-18(14-29)9-19(8-17)15-29/h3-6,10-12,17-19H,7-9,13-15H2,1-2H3/b24-12+. The molecule has 7 rings (SSSR count). The molecule has 6 nitrogen and oxygen atoms in total. The van der Waals surface area contributed by atoms with Gasteiger partial charge < -0.3 is 14.2 Å². The molecule has 1 saturated heterocycles. The molecule has 4 bridgehead atoms. The third kappa shape index (κ3) is 4.56. The van der Waals surface area contributed by atoms with E-state index in [0.717, 1.165) is 24.8 Å². The van der Waals surface area contributed by atoms with Gasteiger partial charge in [0.2, 0.25) is 0 Å². The van der Waals surface area contributed by atoms with Crippen molar-refractivity contribution in [3.05, 3.63) is 51.3 Å². The van der Waals surface area contributed by atoms with E-state index in [4.69, 9.17) is 26.4 Å². The van der Waals surface area contributed by atoms with Crippen LogP contribution in [0.1, 0.15) is 44.1 Å². The Morgan fingerprint density at radius 3 is 2.26 bits per heavy atom. The number of rotatable bonds is 6. The van der Waals surface area contributed by atoms with Crippen molar-refractivity contribution in [1.82, 2.24) is 0 Å². The summed E-state index contributed by atoms with van der Waals surface area (Å²) in [5.74, 6) is 3.15. The molecule has 9 heteroatoms. The van der Waals surface area contributed by atoms with E-state index >= 15 is 0 Å². The lowest BCUT2D eigenvalue weighted by Gasteiger charge is -2.55. The third-order valence-corrected chi connectivity index (χ3v) is 10.2. The maximum Gasteiger partial charge on any atom is 0.317 e. The zero-order valence-electron chi connectivity index (χ0n) is 21.2. The SMILES string of the molecule is COc1ccc(N2C(=O)/C(=C\c3cc(Br)c(OC(=O)C45CC6CC(CC(C6)C4)C5)c(OC)c3)SC2=S)cc1. The number of thioether (sulfide) groups is 1. The van der Waals surface area contributed by atoms with Crippen LogP contribution in [0, 0.1) is 23.2 Å². The van der Waals surface area contributed by atoms with Gasteiger partial charge in [0, 0.05) is 0 Å². The molecule has 5 aliphatic rings. The van der Waals surface area contributed by atoms with Gasteiger partial charge in [-0.1, -0.05) is 24.0 Å². The highest BCUT2D eigenvalue weighted by Crippen LogP contribution is 2.60. The number of carbonyl (C=O) groups excluding carboxylic acids is 2. The maximum atomic E-state index is 13.6. The Morgan fingerprint density at radius 1 is 1.05 bits per heavy atom. The average molecular weight is 615 g/mol. The van der Waals surface area contributed by atoms with Gasteiger partial charge in [0.25, 0.3) is 5.91 Å². The van der Waals surface area contributed by atoms with Crippen LogP contribution in [0.2, 0.25) is 0 Å². The zero-order valence-corrected chi connectivity index (χ0v) is 24.4. The normalized spacial score (nSPS) is 28.8. The predicted octanol–water partition coefficient (Wildman–Crippen LogP) is 6.99. The summed E-state index contributed by atoms with van der Waals surface area (Å²) in [7, 11) is 3.15. The molecule has 0 spiro atoms. The monoisotopic (exact) mass is 613 g/mol. The van der Waals surface area contributed by atoms with Gasteiger partial charge in [-0.05, 0) is 120 Å². The van der Waals surface area contributed by atoms with Crippen molar-refractivity contribution in [3.8, 4) is 17.2 Å². The summed E-state index contributed by atoms with van der Waals surface area (Å²) >= 11 is 10.3. The molecule has 198 valence electrons. The summed E-state index contributed by atoms with van der Waals surface area (Å²) in [4.78, 5) is 28.8. The molecule has 2 aromatic carbocycles. The molecule has 0 atom stereocenters. The molecule has 4 saturated carbocycles. The minimum atomic E-state index is -0.368. The number of benzene rings is 2. The van der Waals surface area contributed by atoms with Gasteiger partial charge in [-0.15, -0.1) is 0 Å². The summed E-state index contributed by atoms with van der Waals surface area (Å²) in [6.45, 7) is 0. The lowest BCUT2D eigenvalue weighted by molar-refractivity contribution is -0.161. The smallest absolute Gasteiger partial charge is 0.317 e. The van der Waals surface area contributed by atoms with E-state index < -0.39 is 0 Å². The van der Waals surface area contributed by atoms with E-state index in [1.807, 2.05) is 6.07 Å². The lowest BCUT2D eigenvalue weighted by atomic mass is 9.49. The third-order valence-electron chi connectivity index (χ3n) is 8.34. The van der Waals surface area contributed by atoms with Crippen molar-refractivity contribution in [1.29, 1.82) is 0 Å². The van der Waals surface area contributed by atoms with Gasteiger partial charge >= 0.3 is 5.97 Å². The highest BCUT2D eigenvalue weighted by molar-refractivity contribution is 9.10. The second-order valence-electron chi connectivity index (χ2n) is 10.8. The van der Waals surface area contributed by atoms with E-state index in [-0.39, 0.29) is 17.3 Å². The van der Waals surface area contributed by atoms with E-state index in [9.17, 15) is 9.59 Å². The average Bonchev–Trinajstić information content (AvgIpc) is 3.16. The number of anilines is 1. The Balaban J connectivity index is 1.23. The fraction of sp³-hybridized carbons (Fsp3) is 0.414. The molecule has 0 unspecified atom stereocenters. The fourth-order valence-electron chi connectivity index (χ4n) is 7.06. The van der Waals surface area contributed by atoms with Crippen LogP contribution in [0.3, 0.4) is 0 Å². The van der Waals surface area contributed by atoms with Crippen LogP contribution in [0.15, 0.2) is 45.8 Å². The van der Waals surface area contributed by atoms with Crippen molar-refractivity contribution >= 4 is 67.9 Å². The van der Waals surface area contributed by atoms with Crippen LogP contribution >= 0.6 is 39.9 Å². The summed E-state index contributed by atoms with van der Waals surface area (Å²) in [5.41, 5.74) is 1.05. The molecular formula is C29H28BrNO5S2. The molecule has 0 aromatic heterocycles. The van der Waals surface area contributed by atoms with Crippen molar-refractivity contribution < 1.29 is 23.8 Å². The molecular weight excluding hydrogens is 586 g/mol. The minimum Gasteiger partial charge on any atom is -0.497 e. The van der Waals surface area contributed by atoms with Gasteiger partial charge in [0.05, 0.1) is 34.7 Å². The number of esters is 1. The van der Waals surface area contributed by atoms with Crippen molar-refractivity contribution in [3.63, 3.8) is 0 Å². The number of hydrogen-bond acceptors (Lipinski definition) is 7. The lowest BCUT2D eigenvalue weighted by Crippen LogP contribution is -2.51. The molecule has 2 aromatic rings. The molecule has 1 amide bonds. The summed E-state index contributed by atoms with van der Waals surface area (Å²) in [6.07, 6.45) is 8.38. The summed E-state index contributed by atoms with van der Waals surface area (Å²) in [5, 5.41) is 0. The second kappa shape index (κ2) is 9.99. The van der Waals surface area contributed by atoms with Crippen molar-refractivity contribution in [2.75, 3.05) is 19.1 Å². The molecule has 38 heavy (non-hydrogen) atoms. The largest absolute Gasteiger partial charge is 0.497 e. The van der Waals surface area contributed by atoms with Gasteiger partial charge in [-0.25, -0.2) is 0 Å². The van der Waals surface area contributed by atoms with Gasteiger partial charge in [0.15, 0.2) is 15.8 Å². The number of thiocarbonyl (C=S) groups is 1. The van der Waals surface area contributed by atoms with Gasteiger partial charge in [-0.2, -0.15) is 0 Å². The number of amides is 1. The Labute approximate surface area is 240 Å². The molecule has 4 aliphatic carbocycles. The Morgan fingerprint density at radius 2 is 1.68 bits per heavy atom. The van der Waals surface area contributed by atoms with Crippen LogP contribution < -0.4 is 19.1 Å². The van der Waals surface area contributed by atoms with E-state index in [1.165, 1.54) is 35.9 Å². The first-order chi connectivity index (χ1) is 18.3. The van der Waals surface area contributed by atoms with Crippen LogP contribution in [-0.4, -0.2) is 30.4 Å². The molecule has 1 heterocycles. The number of ether oxygens (including phenoxy) is 3. The Hall–Kier alpha value is -2.36.